The number of sulfonamides is 2. The van der Waals surface area contributed by atoms with Gasteiger partial charge in [-0.05, 0) is 42.8 Å². The van der Waals surface area contributed by atoms with Crippen LogP contribution in [0.2, 0.25) is 5.02 Å². The van der Waals surface area contributed by atoms with Crippen LogP contribution in [0.25, 0.3) is 10.2 Å². The molecule has 1 amide bonds. The monoisotopic (exact) mass is 471 g/mol. The van der Waals surface area contributed by atoms with Crippen molar-refractivity contribution in [2.24, 2.45) is 0 Å². The number of halogens is 1. The SMILES string of the molecule is Cc1ccc(N2C(=O)CCS2(=O)=O)cc1S(=O)(=O)Nc1nc2ccc(Cl)cc2s1. The molecule has 0 saturated carbocycles. The summed E-state index contributed by atoms with van der Waals surface area (Å²) >= 11 is 7.07. The van der Waals surface area contributed by atoms with Crippen LogP contribution in [0.1, 0.15) is 12.0 Å². The van der Waals surface area contributed by atoms with E-state index in [9.17, 15) is 21.6 Å². The quantitative estimate of drug-likeness (QED) is 0.625. The minimum Gasteiger partial charge on any atom is -0.273 e. The first-order chi connectivity index (χ1) is 13.6. The average Bonchev–Trinajstić information content (AvgIpc) is 3.13. The summed E-state index contributed by atoms with van der Waals surface area (Å²) in [5.41, 5.74) is 0.986. The molecule has 29 heavy (non-hydrogen) atoms. The largest absolute Gasteiger partial charge is 0.273 e. The Labute approximate surface area is 176 Å². The van der Waals surface area contributed by atoms with Crippen molar-refractivity contribution < 1.29 is 21.6 Å². The highest BCUT2D eigenvalue weighted by atomic mass is 35.5. The van der Waals surface area contributed by atoms with Crippen LogP contribution in [0.4, 0.5) is 10.8 Å². The molecule has 0 aliphatic carbocycles. The highest BCUT2D eigenvalue weighted by molar-refractivity contribution is 7.94. The van der Waals surface area contributed by atoms with Gasteiger partial charge in [-0.1, -0.05) is 29.0 Å². The molecule has 4 rings (SSSR count). The predicted molar refractivity (Wildman–Crippen MR) is 113 cm³/mol. The molecule has 1 aliphatic heterocycles. The van der Waals surface area contributed by atoms with E-state index in [0.717, 1.165) is 16.0 Å². The summed E-state index contributed by atoms with van der Waals surface area (Å²) in [7, 11) is -7.88. The van der Waals surface area contributed by atoms with E-state index in [-0.39, 0.29) is 27.9 Å². The standard InChI is InChI=1S/C17H14ClN3O5S3/c1-10-2-4-12(21-16(22)6-7-28(21,23)24)9-15(10)29(25,26)20-17-19-13-5-3-11(18)8-14(13)27-17/h2-5,8-9H,6-7H2,1H3,(H,19,20). The van der Waals surface area contributed by atoms with Crippen LogP contribution >= 0.6 is 22.9 Å². The number of aryl methyl sites for hydroxylation is 1. The number of carbonyl (C=O) groups is 1. The van der Waals surface area contributed by atoms with Gasteiger partial charge in [-0.25, -0.2) is 26.1 Å². The van der Waals surface area contributed by atoms with Gasteiger partial charge in [0.2, 0.25) is 15.9 Å². The Morgan fingerprint density at radius 1 is 1.21 bits per heavy atom. The van der Waals surface area contributed by atoms with Gasteiger partial charge in [0.15, 0.2) is 5.13 Å². The van der Waals surface area contributed by atoms with Gasteiger partial charge in [-0.2, -0.15) is 0 Å². The molecule has 8 nitrogen and oxygen atoms in total. The fraction of sp³-hybridized carbons (Fsp3) is 0.176. The number of nitrogens with zero attached hydrogens (tertiary/aromatic N) is 2. The Bertz CT molecular complexity index is 1370. The maximum atomic E-state index is 13.0. The Balaban J connectivity index is 1.73. The topological polar surface area (TPSA) is 114 Å². The van der Waals surface area contributed by atoms with Crippen LogP contribution in [0.5, 0.6) is 0 Å². The van der Waals surface area contributed by atoms with Crippen molar-refractivity contribution in [2.75, 3.05) is 14.8 Å². The summed E-state index contributed by atoms with van der Waals surface area (Å²) < 4.78 is 54.0. The second kappa shape index (κ2) is 6.94. The van der Waals surface area contributed by atoms with Crippen molar-refractivity contribution in [1.82, 2.24) is 4.98 Å². The van der Waals surface area contributed by atoms with Gasteiger partial charge in [-0.3, -0.25) is 9.52 Å². The van der Waals surface area contributed by atoms with Crippen LogP contribution < -0.4 is 9.03 Å². The Kier molecular flexibility index (Phi) is 4.80. The van der Waals surface area contributed by atoms with E-state index in [2.05, 4.69) is 9.71 Å². The third kappa shape index (κ3) is 3.70. The number of benzene rings is 2. The van der Waals surface area contributed by atoms with Gasteiger partial charge in [-0.15, -0.1) is 0 Å². The van der Waals surface area contributed by atoms with E-state index in [4.69, 9.17) is 11.6 Å². The summed E-state index contributed by atoms with van der Waals surface area (Å²) in [5, 5.41) is 0.660. The van der Waals surface area contributed by atoms with Gasteiger partial charge >= 0.3 is 0 Å². The number of nitrogens with one attached hydrogen (secondary N) is 1. The first-order valence-corrected chi connectivity index (χ1v) is 12.6. The number of carbonyl (C=O) groups excluding carboxylic acids is 1. The zero-order chi connectivity index (χ0) is 21.0. The lowest BCUT2D eigenvalue weighted by atomic mass is 10.2. The molecule has 152 valence electrons. The molecule has 0 radical (unpaired) electrons. The smallest absolute Gasteiger partial charge is 0.264 e. The Morgan fingerprint density at radius 2 is 1.97 bits per heavy atom. The number of rotatable bonds is 4. The molecule has 2 aromatic carbocycles. The van der Waals surface area contributed by atoms with E-state index in [1.165, 1.54) is 18.2 Å². The van der Waals surface area contributed by atoms with E-state index < -0.39 is 26.0 Å². The third-order valence-corrected chi connectivity index (χ3v) is 8.82. The summed E-state index contributed by atoms with van der Waals surface area (Å²) in [6.45, 7) is 1.58. The number of hydrogen-bond acceptors (Lipinski definition) is 7. The summed E-state index contributed by atoms with van der Waals surface area (Å²) in [6.07, 6.45) is -0.134. The van der Waals surface area contributed by atoms with Crippen molar-refractivity contribution >= 4 is 69.9 Å². The molecule has 0 spiro atoms. The van der Waals surface area contributed by atoms with Crippen molar-refractivity contribution in [3.63, 3.8) is 0 Å². The molecule has 1 N–H and O–H groups in total. The Hall–Kier alpha value is -2.21. The van der Waals surface area contributed by atoms with Gasteiger partial charge in [0.25, 0.3) is 10.0 Å². The van der Waals surface area contributed by atoms with Crippen molar-refractivity contribution in [3.05, 3.63) is 47.0 Å². The van der Waals surface area contributed by atoms with E-state index in [1.807, 2.05) is 0 Å². The number of anilines is 2. The van der Waals surface area contributed by atoms with Crippen LogP contribution in [0.15, 0.2) is 41.3 Å². The number of hydrogen-bond donors (Lipinski definition) is 1. The third-order valence-electron chi connectivity index (χ3n) is 4.35. The molecule has 1 aromatic heterocycles. The molecular formula is C17H14ClN3O5S3. The normalized spacial score (nSPS) is 16.5. The molecule has 0 atom stereocenters. The number of fused-ring (bicyclic) bond motifs is 1. The molecule has 0 bridgehead atoms. The number of thiazole rings is 1. The van der Waals surface area contributed by atoms with Gasteiger partial charge in [0.05, 0.1) is 26.6 Å². The lowest BCUT2D eigenvalue weighted by Crippen LogP contribution is -2.29. The van der Waals surface area contributed by atoms with E-state index >= 15 is 0 Å². The highest BCUT2D eigenvalue weighted by Crippen LogP contribution is 2.32. The fourth-order valence-corrected chi connectivity index (χ4v) is 7.08. The predicted octanol–water partition coefficient (Wildman–Crippen LogP) is 3.13. The highest BCUT2D eigenvalue weighted by Gasteiger charge is 2.37. The van der Waals surface area contributed by atoms with Gasteiger partial charge in [0.1, 0.15) is 0 Å². The van der Waals surface area contributed by atoms with Crippen molar-refractivity contribution in [2.45, 2.75) is 18.2 Å². The maximum absolute atomic E-state index is 13.0. The van der Waals surface area contributed by atoms with Gasteiger partial charge < -0.3 is 0 Å². The first kappa shape index (κ1) is 20.1. The lowest BCUT2D eigenvalue weighted by Gasteiger charge is -2.17. The molecule has 0 unspecified atom stereocenters. The molecular weight excluding hydrogens is 458 g/mol. The Morgan fingerprint density at radius 3 is 2.66 bits per heavy atom. The van der Waals surface area contributed by atoms with Crippen LogP contribution in [0, 0.1) is 6.92 Å². The second-order valence-corrected chi connectivity index (χ2v) is 11.5. The molecule has 1 aliphatic rings. The lowest BCUT2D eigenvalue weighted by molar-refractivity contribution is -0.116. The second-order valence-electron chi connectivity index (χ2n) is 6.41. The van der Waals surface area contributed by atoms with E-state index in [0.29, 0.717) is 20.4 Å². The van der Waals surface area contributed by atoms with Crippen LogP contribution in [0.3, 0.4) is 0 Å². The average molecular weight is 472 g/mol. The minimum atomic E-state index is -4.08. The first-order valence-electron chi connectivity index (χ1n) is 8.32. The van der Waals surface area contributed by atoms with Crippen LogP contribution in [-0.2, 0) is 24.8 Å². The van der Waals surface area contributed by atoms with Gasteiger partial charge in [0, 0.05) is 11.4 Å². The molecule has 3 aromatic rings. The molecule has 2 heterocycles. The fourth-order valence-electron chi connectivity index (χ4n) is 2.99. The number of amides is 1. The zero-order valence-electron chi connectivity index (χ0n) is 14.9. The number of aromatic nitrogens is 1. The van der Waals surface area contributed by atoms with Crippen LogP contribution in [-0.4, -0.2) is 33.5 Å². The summed E-state index contributed by atoms with van der Waals surface area (Å²) in [4.78, 5) is 16.1. The zero-order valence-corrected chi connectivity index (χ0v) is 18.1. The molecule has 1 saturated heterocycles. The van der Waals surface area contributed by atoms with E-state index in [1.54, 1.807) is 25.1 Å². The minimum absolute atomic E-state index is 0.00504. The molecule has 1 fully saturated rings. The van der Waals surface area contributed by atoms with Crippen molar-refractivity contribution in [1.29, 1.82) is 0 Å². The maximum Gasteiger partial charge on any atom is 0.264 e. The molecule has 12 heteroatoms. The summed E-state index contributed by atoms with van der Waals surface area (Å²) in [6, 6.07) is 9.08. The van der Waals surface area contributed by atoms with Crippen molar-refractivity contribution in [3.8, 4) is 0 Å². The summed E-state index contributed by atoms with van der Waals surface area (Å²) in [5.74, 6) is -0.887.